The Labute approximate surface area is 134 Å². The smallest absolute Gasteiger partial charge is 0.252 e. The maximum absolute atomic E-state index is 11.2. The lowest BCUT2D eigenvalue weighted by Crippen LogP contribution is -2.13. The van der Waals surface area contributed by atoms with Crippen molar-refractivity contribution in [2.75, 3.05) is 52.9 Å². The van der Waals surface area contributed by atoms with Crippen LogP contribution in [0.1, 0.15) is 10.4 Å². The molecule has 0 bridgehead atoms. The van der Waals surface area contributed by atoms with Crippen molar-refractivity contribution in [3.63, 3.8) is 0 Å². The van der Waals surface area contributed by atoms with Gasteiger partial charge in [0.1, 0.15) is 13.2 Å². The third kappa shape index (κ3) is 5.81. The SMILES string of the molecule is O=C(Cl)c1ccc2c(c1)OCCOCCOCCOCCO2. The summed E-state index contributed by atoms with van der Waals surface area (Å²) in [6, 6.07) is 4.82. The fraction of sp³-hybridized carbons (Fsp3) is 0.533. The van der Waals surface area contributed by atoms with Crippen LogP contribution in [0.25, 0.3) is 0 Å². The number of ether oxygens (including phenoxy) is 5. The molecule has 22 heavy (non-hydrogen) atoms. The van der Waals surface area contributed by atoms with Gasteiger partial charge in [0.05, 0.1) is 39.6 Å². The van der Waals surface area contributed by atoms with Crippen LogP contribution in [0.3, 0.4) is 0 Å². The molecule has 0 aromatic heterocycles. The minimum absolute atomic E-state index is 0.340. The molecule has 1 aromatic rings. The first kappa shape index (κ1) is 17.0. The highest BCUT2D eigenvalue weighted by Gasteiger charge is 2.10. The van der Waals surface area contributed by atoms with E-state index >= 15 is 0 Å². The van der Waals surface area contributed by atoms with Crippen molar-refractivity contribution in [3.05, 3.63) is 23.8 Å². The van der Waals surface area contributed by atoms with Crippen LogP contribution in [0, 0.1) is 0 Å². The number of benzene rings is 1. The summed E-state index contributed by atoms with van der Waals surface area (Å²) in [6.07, 6.45) is 0. The Hall–Kier alpha value is -1.34. The van der Waals surface area contributed by atoms with Gasteiger partial charge in [-0.3, -0.25) is 4.79 Å². The van der Waals surface area contributed by atoms with Crippen LogP contribution in [0.2, 0.25) is 0 Å². The second-order valence-corrected chi connectivity index (χ2v) is 4.81. The number of fused-ring (bicyclic) bond motifs is 1. The topological polar surface area (TPSA) is 63.2 Å². The number of hydrogen-bond donors (Lipinski definition) is 0. The normalized spacial score (nSPS) is 18.0. The van der Waals surface area contributed by atoms with Crippen LogP contribution in [-0.2, 0) is 14.2 Å². The fourth-order valence-corrected chi connectivity index (χ4v) is 1.94. The van der Waals surface area contributed by atoms with Gasteiger partial charge in [-0.05, 0) is 29.8 Å². The molecule has 1 aromatic carbocycles. The van der Waals surface area contributed by atoms with Gasteiger partial charge >= 0.3 is 0 Å². The zero-order valence-corrected chi connectivity index (χ0v) is 13.0. The van der Waals surface area contributed by atoms with Gasteiger partial charge in [0, 0.05) is 5.56 Å². The summed E-state index contributed by atoms with van der Waals surface area (Å²) in [5.74, 6) is 0.998. The van der Waals surface area contributed by atoms with E-state index in [4.69, 9.17) is 35.3 Å². The minimum Gasteiger partial charge on any atom is -0.487 e. The third-order valence-corrected chi connectivity index (χ3v) is 3.10. The Kier molecular flexibility index (Phi) is 7.45. The molecule has 7 heteroatoms. The van der Waals surface area contributed by atoms with E-state index in [1.807, 2.05) is 0 Å². The van der Waals surface area contributed by atoms with E-state index in [-0.39, 0.29) is 0 Å². The molecule has 0 amide bonds. The third-order valence-electron chi connectivity index (χ3n) is 2.89. The van der Waals surface area contributed by atoms with E-state index < -0.39 is 5.24 Å². The van der Waals surface area contributed by atoms with Crippen molar-refractivity contribution < 1.29 is 28.5 Å². The van der Waals surface area contributed by atoms with Crippen molar-refractivity contribution in [2.45, 2.75) is 0 Å². The number of carbonyl (C=O) groups excluding carboxylic acids is 1. The van der Waals surface area contributed by atoms with E-state index in [1.54, 1.807) is 18.2 Å². The predicted octanol–water partition coefficient (Wildman–Crippen LogP) is 1.89. The summed E-state index contributed by atoms with van der Waals surface area (Å²) < 4.78 is 27.3. The Bertz CT molecular complexity index is 479. The summed E-state index contributed by atoms with van der Waals surface area (Å²) >= 11 is 5.49. The standard InChI is InChI=1S/C15H19ClO6/c16-15(17)12-1-2-13-14(11-12)22-10-8-20-6-4-18-3-5-19-7-9-21-13/h1-2,11H,3-10H2. The van der Waals surface area contributed by atoms with E-state index in [9.17, 15) is 4.79 Å². The average molecular weight is 331 g/mol. The molecule has 122 valence electrons. The van der Waals surface area contributed by atoms with Crippen molar-refractivity contribution in [1.29, 1.82) is 0 Å². The summed E-state index contributed by atoms with van der Waals surface area (Å²) in [5, 5.41) is -0.543. The molecule has 0 fully saturated rings. The molecule has 0 unspecified atom stereocenters. The molecule has 0 spiro atoms. The van der Waals surface area contributed by atoms with E-state index in [0.717, 1.165) is 0 Å². The van der Waals surface area contributed by atoms with Crippen molar-refractivity contribution in [3.8, 4) is 11.5 Å². The van der Waals surface area contributed by atoms with Crippen LogP contribution >= 0.6 is 11.6 Å². The van der Waals surface area contributed by atoms with Crippen LogP contribution in [-0.4, -0.2) is 58.1 Å². The zero-order valence-electron chi connectivity index (χ0n) is 12.2. The van der Waals surface area contributed by atoms with E-state index in [0.29, 0.717) is 69.9 Å². The highest BCUT2D eigenvalue weighted by atomic mass is 35.5. The van der Waals surface area contributed by atoms with Crippen LogP contribution in [0.5, 0.6) is 11.5 Å². The van der Waals surface area contributed by atoms with Crippen molar-refractivity contribution in [1.82, 2.24) is 0 Å². The summed E-state index contributed by atoms with van der Waals surface area (Å²) in [6.45, 7) is 3.61. The highest BCUT2D eigenvalue weighted by Crippen LogP contribution is 2.29. The quantitative estimate of drug-likeness (QED) is 0.733. The first-order valence-electron chi connectivity index (χ1n) is 7.10. The Balaban J connectivity index is 2.02. The maximum Gasteiger partial charge on any atom is 0.252 e. The van der Waals surface area contributed by atoms with E-state index in [2.05, 4.69) is 0 Å². The Morgan fingerprint density at radius 3 is 1.82 bits per heavy atom. The molecule has 0 radical (unpaired) electrons. The molecule has 1 aliphatic rings. The van der Waals surface area contributed by atoms with Crippen molar-refractivity contribution in [2.24, 2.45) is 0 Å². The molecule has 0 saturated carbocycles. The molecule has 1 aliphatic heterocycles. The first-order chi connectivity index (χ1) is 10.8. The molecule has 6 nitrogen and oxygen atoms in total. The molecule has 0 atom stereocenters. The molecule has 0 saturated heterocycles. The predicted molar refractivity (Wildman–Crippen MR) is 80.1 cm³/mol. The van der Waals surface area contributed by atoms with Crippen LogP contribution in [0.15, 0.2) is 18.2 Å². The summed E-state index contributed by atoms with van der Waals surface area (Å²) in [7, 11) is 0. The van der Waals surface area contributed by atoms with Gasteiger partial charge in [-0.2, -0.15) is 0 Å². The second kappa shape index (κ2) is 9.63. The zero-order chi connectivity index (χ0) is 15.6. The van der Waals surface area contributed by atoms with Gasteiger partial charge < -0.3 is 23.7 Å². The number of carbonyl (C=O) groups is 1. The number of hydrogen-bond acceptors (Lipinski definition) is 6. The maximum atomic E-state index is 11.2. The Morgan fingerprint density at radius 2 is 1.27 bits per heavy atom. The number of halogens is 1. The fourth-order valence-electron chi connectivity index (χ4n) is 1.83. The molecule has 2 rings (SSSR count). The van der Waals surface area contributed by atoms with Crippen molar-refractivity contribution >= 4 is 16.8 Å². The second-order valence-electron chi connectivity index (χ2n) is 4.47. The Morgan fingerprint density at radius 1 is 0.773 bits per heavy atom. The molecule has 0 aliphatic carbocycles. The summed E-state index contributed by atoms with van der Waals surface area (Å²) in [4.78, 5) is 11.2. The van der Waals surface area contributed by atoms with Gasteiger partial charge in [-0.25, -0.2) is 0 Å². The lowest BCUT2D eigenvalue weighted by atomic mass is 10.2. The number of rotatable bonds is 1. The van der Waals surface area contributed by atoms with Crippen LogP contribution < -0.4 is 9.47 Å². The largest absolute Gasteiger partial charge is 0.487 e. The van der Waals surface area contributed by atoms with Gasteiger partial charge in [0.15, 0.2) is 11.5 Å². The molecule has 1 heterocycles. The highest BCUT2D eigenvalue weighted by molar-refractivity contribution is 6.67. The van der Waals surface area contributed by atoms with E-state index in [1.165, 1.54) is 0 Å². The molecular formula is C15H19ClO6. The lowest BCUT2D eigenvalue weighted by Gasteiger charge is -2.13. The average Bonchev–Trinajstić information content (AvgIpc) is 2.52. The molecule has 0 N–H and O–H groups in total. The first-order valence-corrected chi connectivity index (χ1v) is 7.48. The van der Waals surface area contributed by atoms with Gasteiger partial charge in [-0.15, -0.1) is 0 Å². The monoisotopic (exact) mass is 330 g/mol. The summed E-state index contributed by atoms with van der Waals surface area (Å²) in [5.41, 5.74) is 0.354. The van der Waals surface area contributed by atoms with Crippen LogP contribution in [0.4, 0.5) is 0 Å². The lowest BCUT2D eigenvalue weighted by molar-refractivity contribution is 0.00708. The molecular weight excluding hydrogens is 312 g/mol. The minimum atomic E-state index is -0.543. The van der Waals surface area contributed by atoms with Gasteiger partial charge in [-0.1, -0.05) is 0 Å². The van der Waals surface area contributed by atoms with Gasteiger partial charge in [0.25, 0.3) is 5.24 Å². The van der Waals surface area contributed by atoms with Gasteiger partial charge in [0.2, 0.25) is 0 Å².